The van der Waals surface area contributed by atoms with Crippen molar-refractivity contribution in [3.8, 4) is 17.1 Å². The molecule has 0 unspecified atom stereocenters. The SMILES string of the molecule is CCc1nc(-c2ccc(N3CCN(C(=O)CCc4ccc(OC)cc4)CC3)cc2)no1. The average Bonchev–Trinajstić information content (AvgIpc) is 3.32. The van der Waals surface area contributed by atoms with Gasteiger partial charge in [0.05, 0.1) is 7.11 Å². The van der Waals surface area contributed by atoms with Crippen LogP contribution in [-0.2, 0) is 17.6 Å². The Balaban J connectivity index is 1.27. The lowest BCUT2D eigenvalue weighted by molar-refractivity contribution is -0.131. The first kappa shape index (κ1) is 20.9. The highest BCUT2D eigenvalue weighted by atomic mass is 16.5. The average molecular weight is 421 g/mol. The molecule has 1 amide bonds. The number of ether oxygens (including phenoxy) is 1. The number of hydrogen-bond donors (Lipinski definition) is 0. The lowest BCUT2D eigenvalue weighted by Crippen LogP contribution is -2.48. The lowest BCUT2D eigenvalue weighted by atomic mass is 10.1. The normalized spacial score (nSPS) is 14.0. The zero-order valence-corrected chi connectivity index (χ0v) is 18.1. The summed E-state index contributed by atoms with van der Waals surface area (Å²) < 4.78 is 10.4. The maximum atomic E-state index is 12.6. The van der Waals surface area contributed by atoms with Gasteiger partial charge in [-0.2, -0.15) is 4.98 Å². The molecule has 1 aromatic heterocycles. The van der Waals surface area contributed by atoms with Crippen LogP contribution in [0.3, 0.4) is 0 Å². The van der Waals surface area contributed by atoms with E-state index in [-0.39, 0.29) is 5.91 Å². The van der Waals surface area contributed by atoms with E-state index in [0.29, 0.717) is 18.1 Å². The van der Waals surface area contributed by atoms with Crippen LogP contribution >= 0.6 is 0 Å². The number of rotatable bonds is 7. The molecule has 0 saturated carbocycles. The first-order valence-electron chi connectivity index (χ1n) is 10.7. The summed E-state index contributed by atoms with van der Waals surface area (Å²) >= 11 is 0. The molecule has 2 aromatic carbocycles. The number of methoxy groups -OCH3 is 1. The summed E-state index contributed by atoms with van der Waals surface area (Å²) in [6.45, 7) is 5.14. The number of aryl methyl sites for hydroxylation is 2. The number of carbonyl (C=O) groups excluding carboxylic acids is 1. The number of piperazine rings is 1. The number of aromatic nitrogens is 2. The zero-order chi connectivity index (χ0) is 21.6. The second-order valence-corrected chi connectivity index (χ2v) is 7.63. The highest BCUT2D eigenvalue weighted by Crippen LogP contribution is 2.22. The van der Waals surface area contributed by atoms with Gasteiger partial charge in [-0.25, -0.2) is 0 Å². The number of nitrogens with zero attached hydrogens (tertiary/aromatic N) is 4. The Morgan fingerprint density at radius 1 is 1.03 bits per heavy atom. The van der Waals surface area contributed by atoms with Crippen LogP contribution in [0, 0.1) is 0 Å². The van der Waals surface area contributed by atoms with E-state index < -0.39 is 0 Å². The minimum atomic E-state index is 0.217. The first-order valence-corrected chi connectivity index (χ1v) is 10.7. The fraction of sp³-hybridized carbons (Fsp3) is 0.375. The predicted molar refractivity (Wildman–Crippen MR) is 119 cm³/mol. The van der Waals surface area contributed by atoms with E-state index in [1.54, 1.807) is 7.11 Å². The molecule has 2 heterocycles. The van der Waals surface area contributed by atoms with Crippen molar-refractivity contribution < 1.29 is 14.1 Å². The third-order valence-electron chi connectivity index (χ3n) is 5.68. The summed E-state index contributed by atoms with van der Waals surface area (Å²) in [5.74, 6) is 2.32. The Labute approximate surface area is 182 Å². The van der Waals surface area contributed by atoms with Gasteiger partial charge in [-0.1, -0.05) is 24.2 Å². The highest BCUT2D eigenvalue weighted by Gasteiger charge is 2.21. The molecule has 4 rings (SSSR count). The topological polar surface area (TPSA) is 71.7 Å². The highest BCUT2D eigenvalue weighted by molar-refractivity contribution is 5.77. The largest absolute Gasteiger partial charge is 0.497 e. The molecule has 0 N–H and O–H groups in total. The molecule has 7 heteroatoms. The van der Waals surface area contributed by atoms with Crippen molar-refractivity contribution in [3.63, 3.8) is 0 Å². The minimum absolute atomic E-state index is 0.217. The number of amides is 1. The van der Waals surface area contributed by atoms with E-state index in [4.69, 9.17) is 9.26 Å². The maximum Gasteiger partial charge on any atom is 0.226 e. The first-order chi connectivity index (χ1) is 15.2. The van der Waals surface area contributed by atoms with Crippen molar-refractivity contribution in [2.75, 3.05) is 38.2 Å². The van der Waals surface area contributed by atoms with Crippen LogP contribution in [0.1, 0.15) is 24.8 Å². The standard InChI is InChI=1S/C24H28N4O3/c1-3-22-25-24(26-31-22)19-7-9-20(10-8-19)27-14-16-28(17-15-27)23(29)13-6-18-4-11-21(30-2)12-5-18/h4-5,7-12H,3,6,13-17H2,1-2H3. The van der Waals surface area contributed by atoms with E-state index in [1.807, 2.05) is 48.2 Å². The van der Waals surface area contributed by atoms with Gasteiger partial charge in [0.2, 0.25) is 17.6 Å². The van der Waals surface area contributed by atoms with Crippen molar-refractivity contribution >= 4 is 11.6 Å². The fourth-order valence-electron chi connectivity index (χ4n) is 3.75. The maximum absolute atomic E-state index is 12.6. The molecular formula is C24H28N4O3. The Morgan fingerprint density at radius 3 is 2.35 bits per heavy atom. The van der Waals surface area contributed by atoms with Gasteiger partial charge in [0, 0.05) is 50.3 Å². The van der Waals surface area contributed by atoms with E-state index in [1.165, 1.54) is 0 Å². The van der Waals surface area contributed by atoms with Crippen LogP contribution in [0.2, 0.25) is 0 Å². The molecule has 162 valence electrons. The van der Waals surface area contributed by atoms with Crippen LogP contribution in [-0.4, -0.2) is 54.2 Å². The van der Waals surface area contributed by atoms with Crippen molar-refractivity contribution in [2.45, 2.75) is 26.2 Å². The number of carbonyl (C=O) groups is 1. The van der Waals surface area contributed by atoms with E-state index in [9.17, 15) is 4.79 Å². The van der Waals surface area contributed by atoms with Gasteiger partial charge in [0.25, 0.3) is 0 Å². The lowest BCUT2D eigenvalue weighted by Gasteiger charge is -2.36. The Hall–Kier alpha value is -3.35. The fourth-order valence-corrected chi connectivity index (χ4v) is 3.75. The van der Waals surface area contributed by atoms with Crippen molar-refractivity contribution in [3.05, 3.63) is 60.0 Å². The van der Waals surface area contributed by atoms with Gasteiger partial charge in [-0.3, -0.25) is 4.79 Å². The molecule has 0 radical (unpaired) electrons. The van der Waals surface area contributed by atoms with Crippen molar-refractivity contribution in [2.24, 2.45) is 0 Å². The summed E-state index contributed by atoms with van der Waals surface area (Å²) in [5.41, 5.74) is 3.24. The molecule has 0 aliphatic carbocycles. The van der Waals surface area contributed by atoms with Crippen LogP contribution < -0.4 is 9.64 Å². The van der Waals surface area contributed by atoms with Gasteiger partial charge in [-0.05, 0) is 48.4 Å². The predicted octanol–water partition coefficient (Wildman–Crippen LogP) is 3.59. The molecule has 3 aromatic rings. The minimum Gasteiger partial charge on any atom is -0.497 e. The van der Waals surface area contributed by atoms with Crippen LogP contribution in [0.25, 0.3) is 11.4 Å². The molecule has 0 spiro atoms. The van der Waals surface area contributed by atoms with Crippen LogP contribution in [0.5, 0.6) is 5.75 Å². The third-order valence-corrected chi connectivity index (χ3v) is 5.68. The zero-order valence-electron chi connectivity index (χ0n) is 18.1. The molecule has 1 aliphatic heterocycles. The van der Waals surface area contributed by atoms with Gasteiger partial charge in [0.1, 0.15) is 5.75 Å². The summed E-state index contributed by atoms with van der Waals surface area (Å²) in [7, 11) is 1.66. The van der Waals surface area contributed by atoms with Crippen molar-refractivity contribution in [1.29, 1.82) is 0 Å². The number of hydrogen-bond acceptors (Lipinski definition) is 6. The Kier molecular flexibility index (Phi) is 6.50. The number of anilines is 1. The second-order valence-electron chi connectivity index (χ2n) is 7.63. The van der Waals surface area contributed by atoms with Crippen molar-refractivity contribution in [1.82, 2.24) is 15.0 Å². The summed E-state index contributed by atoms with van der Waals surface area (Å²) in [6.07, 6.45) is 2.01. The number of benzene rings is 2. The summed E-state index contributed by atoms with van der Waals surface area (Å²) in [5, 5.41) is 4.03. The smallest absolute Gasteiger partial charge is 0.226 e. The molecule has 1 fully saturated rings. The molecule has 1 saturated heterocycles. The summed E-state index contributed by atoms with van der Waals surface area (Å²) in [4.78, 5) is 21.3. The monoisotopic (exact) mass is 420 g/mol. The van der Waals surface area contributed by atoms with Crippen LogP contribution in [0.15, 0.2) is 53.1 Å². The van der Waals surface area contributed by atoms with Gasteiger partial charge in [0.15, 0.2) is 0 Å². The Bertz CT molecular complexity index is 990. The van der Waals surface area contributed by atoms with E-state index >= 15 is 0 Å². The van der Waals surface area contributed by atoms with E-state index in [0.717, 1.165) is 61.6 Å². The quantitative estimate of drug-likeness (QED) is 0.582. The molecule has 7 nitrogen and oxygen atoms in total. The van der Waals surface area contributed by atoms with Gasteiger partial charge in [-0.15, -0.1) is 0 Å². The van der Waals surface area contributed by atoms with Crippen LogP contribution in [0.4, 0.5) is 5.69 Å². The summed E-state index contributed by atoms with van der Waals surface area (Å²) in [6, 6.07) is 16.1. The molecular weight excluding hydrogens is 392 g/mol. The molecule has 0 atom stereocenters. The third kappa shape index (κ3) is 5.05. The van der Waals surface area contributed by atoms with E-state index in [2.05, 4.69) is 27.2 Å². The van der Waals surface area contributed by atoms with Gasteiger partial charge >= 0.3 is 0 Å². The molecule has 0 bridgehead atoms. The second kappa shape index (κ2) is 9.64. The van der Waals surface area contributed by atoms with Gasteiger partial charge < -0.3 is 19.1 Å². The molecule has 31 heavy (non-hydrogen) atoms. The molecule has 1 aliphatic rings. The Morgan fingerprint density at radius 2 is 1.74 bits per heavy atom.